The molecule has 0 saturated carbocycles. The van der Waals surface area contributed by atoms with Crippen molar-refractivity contribution in [3.8, 4) is 17.0 Å². The third kappa shape index (κ3) is 5.09. The number of nitrogens with one attached hydrogen (secondary N) is 1. The van der Waals surface area contributed by atoms with Gasteiger partial charge >= 0.3 is 0 Å². The summed E-state index contributed by atoms with van der Waals surface area (Å²) < 4.78 is 7.16. The molecule has 7 nitrogen and oxygen atoms in total. The van der Waals surface area contributed by atoms with E-state index in [4.69, 9.17) is 16.3 Å². The van der Waals surface area contributed by atoms with Gasteiger partial charge in [0.15, 0.2) is 5.78 Å². The number of halogens is 1. The molecule has 45 heavy (non-hydrogen) atoms. The average Bonchev–Trinajstić information content (AvgIpc) is 3.52. The van der Waals surface area contributed by atoms with Gasteiger partial charge in [0.2, 0.25) is 5.91 Å². The highest BCUT2D eigenvalue weighted by Gasteiger charge is 2.45. The number of hydrogen-bond donors (Lipinski definition) is 1. The van der Waals surface area contributed by atoms with E-state index >= 15 is 0 Å². The zero-order valence-electron chi connectivity index (χ0n) is 24.6. The normalized spacial score (nSPS) is 15.5. The number of benzene rings is 4. The molecule has 0 spiro atoms. The minimum Gasteiger partial charge on any atom is -0.497 e. The van der Waals surface area contributed by atoms with E-state index in [1.54, 1.807) is 47.0 Å². The molecule has 1 aliphatic carbocycles. The Kier molecular flexibility index (Phi) is 7.47. The molecule has 0 radical (unpaired) electrons. The first-order chi connectivity index (χ1) is 21.9. The summed E-state index contributed by atoms with van der Waals surface area (Å²) in [7, 11) is 1.60. The van der Waals surface area contributed by atoms with Crippen LogP contribution < -0.4 is 15.1 Å². The number of aromatic nitrogens is 1. The lowest BCUT2D eigenvalue weighted by Crippen LogP contribution is -2.29. The number of anilines is 1. The molecule has 2 heterocycles. The highest BCUT2D eigenvalue weighted by atomic mass is 35.5. The third-order valence-corrected chi connectivity index (χ3v) is 8.83. The Hall–Kier alpha value is -5.14. The molecule has 1 N–H and O–H groups in total. The molecule has 5 aromatic rings. The van der Waals surface area contributed by atoms with Crippen LogP contribution in [0.2, 0.25) is 5.02 Å². The van der Waals surface area contributed by atoms with Crippen molar-refractivity contribution in [3.63, 3.8) is 0 Å². The van der Waals surface area contributed by atoms with Crippen LogP contribution in [0.4, 0.5) is 5.69 Å². The van der Waals surface area contributed by atoms with Crippen molar-refractivity contribution in [1.29, 1.82) is 0 Å². The van der Waals surface area contributed by atoms with Gasteiger partial charge in [-0.15, -0.1) is 0 Å². The molecule has 1 aliphatic heterocycles. The fraction of sp³-hybridized carbons (Fsp3) is 0.162. The largest absolute Gasteiger partial charge is 0.497 e. The number of Topliss-reactive ketones (excluding diaryl/α,β-unsaturated/α-hetero) is 1. The van der Waals surface area contributed by atoms with Crippen LogP contribution in [-0.2, 0) is 17.8 Å². The topological polar surface area (TPSA) is 80.6 Å². The van der Waals surface area contributed by atoms with Gasteiger partial charge in [-0.3, -0.25) is 24.5 Å². The summed E-state index contributed by atoms with van der Waals surface area (Å²) in [4.78, 5) is 43.9. The average molecular weight is 616 g/mol. The second-order valence-corrected chi connectivity index (χ2v) is 11.7. The van der Waals surface area contributed by atoms with Crippen molar-refractivity contribution in [2.24, 2.45) is 0 Å². The third-order valence-electron chi connectivity index (χ3n) is 8.59. The lowest BCUT2D eigenvalue weighted by molar-refractivity contribution is -0.118. The Morgan fingerprint density at radius 3 is 2.33 bits per heavy atom. The number of ether oxygens (including phenoxy) is 1. The molecule has 0 unspecified atom stereocenters. The SMILES string of the molecule is COc1ccc(-c2c([C@H]3C(=O)N(Cc4ccccc4)c4ccc(Cl)cc43)c3c(n2NC(=O)c2ccccc2)CCCC3=O)cc1. The zero-order chi connectivity index (χ0) is 31.1. The maximum atomic E-state index is 14.7. The second kappa shape index (κ2) is 11.7. The van der Waals surface area contributed by atoms with Gasteiger partial charge in [-0.05, 0) is 78.6 Å². The van der Waals surface area contributed by atoms with Crippen LogP contribution in [0.3, 0.4) is 0 Å². The lowest BCUT2D eigenvalue weighted by Gasteiger charge is -2.19. The molecule has 8 heteroatoms. The van der Waals surface area contributed by atoms with Crippen LogP contribution in [-0.4, -0.2) is 29.4 Å². The molecular weight excluding hydrogens is 586 g/mol. The van der Waals surface area contributed by atoms with Gasteiger partial charge in [0.1, 0.15) is 5.75 Å². The molecule has 0 bridgehead atoms. The van der Waals surface area contributed by atoms with Crippen LogP contribution in [0.15, 0.2) is 103 Å². The molecule has 7 rings (SSSR count). The van der Waals surface area contributed by atoms with Gasteiger partial charge in [0.05, 0.1) is 31.0 Å². The summed E-state index contributed by atoms with van der Waals surface area (Å²) in [6.07, 6.45) is 1.56. The number of rotatable bonds is 7. The first kappa shape index (κ1) is 28.6. The Morgan fingerprint density at radius 1 is 0.911 bits per heavy atom. The van der Waals surface area contributed by atoms with Gasteiger partial charge in [-0.25, -0.2) is 0 Å². The Balaban J connectivity index is 1.47. The van der Waals surface area contributed by atoms with Crippen molar-refractivity contribution in [2.45, 2.75) is 31.7 Å². The van der Waals surface area contributed by atoms with E-state index in [0.717, 1.165) is 22.4 Å². The van der Waals surface area contributed by atoms with E-state index in [0.29, 0.717) is 64.7 Å². The molecule has 0 saturated heterocycles. The number of carbonyl (C=O) groups excluding carboxylic acids is 3. The Labute approximate surface area is 266 Å². The lowest BCUT2D eigenvalue weighted by atomic mass is 9.83. The van der Waals surface area contributed by atoms with Crippen molar-refractivity contribution in [2.75, 3.05) is 17.4 Å². The maximum Gasteiger partial charge on any atom is 0.270 e. The van der Waals surface area contributed by atoms with Crippen LogP contribution in [0.1, 0.15) is 61.9 Å². The van der Waals surface area contributed by atoms with Crippen LogP contribution in [0, 0.1) is 0 Å². The minimum absolute atomic E-state index is 0.0494. The fourth-order valence-corrected chi connectivity index (χ4v) is 6.72. The second-order valence-electron chi connectivity index (χ2n) is 11.3. The van der Waals surface area contributed by atoms with E-state index in [-0.39, 0.29) is 17.6 Å². The summed E-state index contributed by atoms with van der Waals surface area (Å²) >= 11 is 6.56. The first-order valence-electron chi connectivity index (χ1n) is 14.9. The molecule has 0 fully saturated rings. The molecule has 1 atom stereocenters. The zero-order valence-corrected chi connectivity index (χ0v) is 25.4. The fourth-order valence-electron chi connectivity index (χ4n) is 6.54. The quantitative estimate of drug-likeness (QED) is 0.207. The Morgan fingerprint density at radius 2 is 1.62 bits per heavy atom. The summed E-state index contributed by atoms with van der Waals surface area (Å²) in [5, 5.41) is 0.496. The standard InChI is InChI=1S/C37H30ClN3O4/c1-45-27-18-15-24(16-19-27)35-34(33-30(13-8-14-31(33)42)41(35)39-36(43)25-11-6-3-7-12-25)32-28-21-26(38)17-20-29(28)40(37(32)44)22-23-9-4-2-5-10-23/h2-7,9-12,15-21,32H,8,13-14,22H2,1H3,(H,39,43)/t32-/m0/s1. The molecule has 224 valence electrons. The van der Waals surface area contributed by atoms with Crippen molar-refractivity contribution >= 4 is 34.9 Å². The molecule has 1 aromatic heterocycles. The van der Waals surface area contributed by atoms with E-state index in [1.807, 2.05) is 72.8 Å². The summed E-state index contributed by atoms with van der Waals surface area (Å²) in [6.45, 7) is 0.365. The number of fused-ring (bicyclic) bond motifs is 2. The molecule has 2 aliphatic rings. The van der Waals surface area contributed by atoms with Gasteiger partial charge < -0.3 is 9.64 Å². The van der Waals surface area contributed by atoms with Crippen LogP contribution in [0.5, 0.6) is 5.75 Å². The Bertz CT molecular complexity index is 1930. The van der Waals surface area contributed by atoms with Gasteiger partial charge in [-0.1, -0.05) is 60.1 Å². The number of carbonyl (C=O) groups is 3. The predicted molar refractivity (Wildman–Crippen MR) is 175 cm³/mol. The van der Waals surface area contributed by atoms with E-state index in [9.17, 15) is 14.4 Å². The van der Waals surface area contributed by atoms with Crippen molar-refractivity contribution in [1.82, 2.24) is 4.68 Å². The minimum atomic E-state index is -0.815. The number of hydrogen-bond acceptors (Lipinski definition) is 4. The number of methoxy groups -OCH3 is 1. The highest BCUT2D eigenvalue weighted by Crippen LogP contribution is 2.49. The summed E-state index contributed by atoms with van der Waals surface area (Å²) in [5.74, 6) is -0.675. The summed E-state index contributed by atoms with van der Waals surface area (Å²) in [5.41, 5.74) is 9.11. The van der Waals surface area contributed by atoms with E-state index in [1.165, 1.54) is 0 Å². The van der Waals surface area contributed by atoms with Crippen LogP contribution >= 0.6 is 11.6 Å². The highest BCUT2D eigenvalue weighted by molar-refractivity contribution is 6.31. The smallest absolute Gasteiger partial charge is 0.270 e. The van der Waals surface area contributed by atoms with Gasteiger partial charge in [0, 0.05) is 39.4 Å². The van der Waals surface area contributed by atoms with Crippen molar-refractivity contribution in [3.05, 3.63) is 142 Å². The first-order valence-corrected chi connectivity index (χ1v) is 15.3. The number of nitrogens with zero attached hydrogens (tertiary/aromatic N) is 2. The van der Waals surface area contributed by atoms with E-state index in [2.05, 4.69) is 5.43 Å². The predicted octanol–water partition coefficient (Wildman–Crippen LogP) is 7.40. The summed E-state index contributed by atoms with van der Waals surface area (Å²) in [6, 6.07) is 31.7. The van der Waals surface area contributed by atoms with Gasteiger partial charge in [-0.2, -0.15) is 0 Å². The van der Waals surface area contributed by atoms with E-state index < -0.39 is 5.92 Å². The van der Waals surface area contributed by atoms with Crippen molar-refractivity contribution < 1.29 is 19.1 Å². The molecule has 2 amide bonds. The monoisotopic (exact) mass is 615 g/mol. The molecule has 4 aromatic carbocycles. The number of amides is 2. The van der Waals surface area contributed by atoms with Gasteiger partial charge in [0.25, 0.3) is 5.91 Å². The maximum absolute atomic E-state index is 14.7. The molecular formula is C37H30ClN3O4. The van der Waals surface area contributed by atoms with Crippen LogP contribution in [0.25, 0.3) is 11.3 Å². The number of ketones is 1.